The highest BCUT2D eigenvalue weighted by Crippen LogP contribution is 2.31. The van der Waals surface area contributed by atoms with Crippen LogP contribution in [0.5, 0.6) is 0 Å². The smallest absolute Gasteiger partial charge is 0.303 e. The molecule has 3 nitrogen and oxygen atoms in total. The Bertz CT molecular complexity index is 139. The summed E-state index contributed by atoms with van der Waals surface area (Å²) in [5.74, 6) is -0.125. The summed E-state index contributed by atoms with van der Waals surface area (Å²) in [5, 5.41) is 8.12. The molecule has 1 rings (SSSR count). The van der Waals surface area contributed by atoms with Crippen LogP contribution in [0, 0.1) is 5.92 Å². The molecular formula is C9H19NO2. The lowest BCUT2D eigenvalue weighted by Crippen LogP contribution is -2.26. The summed E-state index contributed by atoms with van der Waals surface area (Å²) in [6, 6.07) is 0. The van der Waals surface area contributed by atoms with E-state index in [0.717, 1.165) is 12.8 Å². The van der Waals surface area contributed by atoms with Crippen LogP contribution in [-0.4, -0.2) is 16.6 Å². The van der Waals surface area contributed by atoms with Crippen molar-refractivity contribution in [3.05, 3.63) is 0 Å². The fourth-order valence-corrected chi connectivity index (χ4v) is 0.569. The Labute approximate surface area is 74.0 Å². The molecule has 1 aliphatic rings. The van der Waals surface area contributed by atoms with Crippen molar-refractivity contribution in [2.24, 2.45) is 11.7 Å². The zero-order valence-electron chi connectivity index (χ0n) is 8.13. The Hall–Kier alpha value is -0.570. The van der Waals surface area contributed by atoms with Crippen LogP contribution in [0.4, 0.5) is 0 Å². The predicted octanol–water partition coefficient (Wildman–Crippen LogP) is 1.61. The van der Waals surface area contributed by atoms with E-state index in [2.05, 4.69) is 0 Å². The van der Waals surface area contributed by atoms with Crippen LogP contribution in [-0.2, 0) is 4.79 Å². The lowest BCUT2D eigenvalue weighted by Gasteiger charge is -2.06. The standard InChI is InChI=1S/C5H8O2.C4H11N/c6-5(7)3-4-1-2-4;1-4(2,3)5/h4H,1-3H2,(H,6,7);5H2,1-3H3. The number of hydrogen-bond donors (Lipinski definition) is 2. The van der Waals surface area contributed by atoms with Gasteiger partial charge >= 0.3 is 5.97 Å². The van der Waals surface area contributed by atoms with E-state index in [-0.39, 0.29) is 5.54 Å². The Morgan fingerprint density at radius 3 is 1.92 bits per heavy atom. The van der Waals surface area contributed by atoms with Gasteiger partial charge in [-0.2, -0.15) is 0 Å². The van der Waals surface area contributed by atoms with Gasteiger partial charge in [-0.15, -0.1) is 0 Å². The fraction of sp³-hybridized carbons (Fsp3) is 0.889. The minimum absolute atomic E-state index is 0. The Morgan fingerprint density at radius 1 is 1.50 bits per heavy atom. The van der Waals surface area contributed by atoms with E-state index in [1.807, 2.05) is 20.8 Å². The average molecular weight is 173 g/mol. The van der Waals surface area contributed by atoms with Gasteiger partial charge in [0.1, 0.15) is 0 Å². The molecule has 0 atom stereocenters. The molecule has 0 aromatic heterocycles. The number of carbonyl (C=O) groups is 1. The SMILES string of the molecule is CC(C)(C)N.O=C(O)CC1CC1. The first-order valence-corrected chi connectivity index (χ1v) is 4.29. The van der Waals surface area contributed by atoms with Crippen molar-refractivity contribution in [2.75, 3.05) is 0 Å². The first kappa shape index (κ1) is 11.4. The van der Waals surface area contributed by atoms with Gasteiger partial charge in [0.05, 0.1) is 0 Å². The summed E-state index contributed by atoms with van der Waals surface area (Å²) in [6.45, 7) is 5.90. The van der Waals surface area contributed by atoms with Gasteiger partial charge in [0, 0.05) is 12.0 Å². The van der Waals surface area contributed by atoms with E-state index in [1.54, 1.807) is 0 Å². The highest BCUT2D eigenvalue weighted by atomic mass is 16.4. The van der Waals surface area contributed by atoms with E-state index < -0.39 is 5.97 Å². The van der Waals surface area contributed by atoms with Gasteiger partial charge in [-0.05, 0) is 39.5 Å². The maximum atomic E-state index is 9.85. The van der Waals surface area contributed by atoms with E-state index in [1.165, 1.54) is 0 Å². The van der Waals surface area contributed by atoms with Gasteiger partial charge in [0.25, 0.3) is 0 Å². The van der Waals surface area contributed by atoms with E-state index >= 15 is 0 Å². The van der Waals surface area contributed by atoms with Crippen LogP contribution < -0.4 is 5.73 Å². The Balaban J connectivity index is 0.000000217. The molecule has 0 aliphatic heterocycles. The molecule has 0 saturated heterocycles. The molecule has 1 fully saturated rings. The van der Waals surface area contributed by atoms with Crippen molar-refractivity contribution in [1.29, 1.82) is 0 Å². The Morgan fingerprint density at radius 2 is 1.83 bits per heavy atom. The van der Waals surface area contributed by atoms with E-state index in [9.17, 15) is 4.79 Å². The van der Waals surface area contributed by atoms with Crippen molar-refractivity contribution >= 4 is 5.97 Å². The monoisotopic (exact) mass is 173 g/mol. The normalized spacial score (nSPS) is 16.3. The molecule has 3 heteroatoms. The maximum Gasteiger partial charge on any atom is 0.303 e. The topological polar surface area (TPSA) is 63.3 Å². The summed E-state index contributed by atoms with van der Waals surface area (Å²) < 4.78 is 0. The molecule has 1 saturated carbocycles. The second kappa shape index (κ2) is 4.45. The zero-order valence-corrected chi connectivity index (χ0v) is 8.13. The highest BCUT2D eigenvalue weighted by Gasteiger charge is 2.23. The van der Waals surface area contributed by atoms with Crippen LogP contribution in [0.3, 0.4) is 0 Å². The van der Waals surface area contributed by atoms with Gasteiger partial charge in [0.2, 0.25) is 0 Å². The van der Waals surface area contributed by atoms with E-state index in [4.69, 9.17) is 10.8 Å². The molecule has 0 unspecified atom stereocenters. The molecule has 0 heterocycles. The molecule has 1 aliphatic carbocycles. The van der Waals surface area contributed by atoms with E-state index in [0.29, 0.717) is 12.3 Å². The van der Waals surface area contributed by atoms with Crippen molar-refractivity contribution in [1.82, 2.24) is 0 Å². The number of nitrogens with two attached hydrogens (primary N) is 1. The summed E-state index contributed by atoms with van der Waals surface area (Å²) in [7, 11) is 0. The molecule has 0 radical (unpaired) electrons. The van der Waals surface area contributed by atoms with Crippen molar-refractivity contribution < 1.29 is 9.90 Å². The summed E-state index contributed by atoms with van der Waals surface area (Å²) >= 11 is 0. The minimum Gasteiger partial charge on any atom is -0.481 e. The minimum atomic E-state index is -0.650. The lowest BCUT2D eigenvalue weighted by molar-refractivity contribution is -0.137. The lowest BCUT2D eigenvalue weighted by atomic mass is 10.1. The second-order valence-electron chi connectivity index (χ2n) is 4.41. The number of aliphatic carboxylic acids is 1. The van der Waals surface area contributed by atoms with Gasteiger partial charge < -0.3 is 10.8 Å². The molecule has 0 aromatic rings. The number of carboxylic acid groups (broad SMARTS) is 1. The van der Waals surface area contributed by atoms with Gasteiger partial charge in [-0.3, -0.25) is 4.79 Å². The predicted molar refractivity (Wildman–Crippen MR) is 48.9 cm³/mol. The molecule has 0 bridgehead atoms. The fourth-order valence-electron chi connectivity index (χ4n) is 0.569. The largest absolute Gasteiger partial charge is 0.481 e. The van der Waals surface area contributed by atoms with Crippen LogP contribution in [0.15, 0.2) is 0 Å². The van der Waals surface area contributed by atoms with Gasteiger partial charge in [-0.25, -0.2) is 0 Å². The molecule has 12 heavy (non-hydrogen) atoms. The first-order valence-electron chi connectivity index (χ1n) is 4.29. The third-order valence-electron chi connectivity index (χ3n) is 1.16. The number of carboxylic acids is 1. The van der Waals surface area contributed by atoms with Crippen LogP contribution >= 0.6 is 0 Å². The van der Waals surface area contributed by atoms with Crippen molar-refractivity contribution in [2.45, 2.75) is 45.6 Å². The molecule has 0 aromatic carbocycles. The maximum absolute atomic E-state index is 9.85. The molecule has 0 spiro atoms. The average Bonchev–Trinajstić information content (AvgIpc) is 2.41. The summed E-state index contributed by atoms with van der Waals surface area (Å²) in [5.41, 5.74) is 5.35. The van der Waals surface area contributed by atoms with Crippen molar-refractivity contribution in [3.8, 4) is 0 Å². The molecular weight excluding hydrogens is 154 g/mol. The van der Waals surface area contributed by atoms with Gasteiger partial charge in [-0.1, -0.05) is 0 Å². The quantitative estimate of drug-likeness (QED) is 0.667. The first-order chi connectivity index (χ1) is 5.29. The van der Waals surface area contributed by atoms with Crippen LogP contribution in [0.2, 0.25) is 0 Å². The number of rotatable bonds is 2. The second-order valence-corrected chi connectivity index (χ2v) is 4.41. The summed E-state index contributed by atoms with van der Waals surface area (Å²) in [6.07, 6.45) is 2.65. The number of hydrogen-bond acceptors (Lipinski definition) is 2. The summed E-state index contributed by atoms with van der Waals surface area (Å²) in [4.78, 5) is 9.85. The van der Waals surface area contributed by atoms with Crippen molar-refractivity contribution in [3.63, 3.8) is 0 Å². The molecule has 0 amide bonds. The zero-order chi connectivity index (χ0) is 9.78. The molecule has 3 N–H and O–H groups in total. The molecule has 72 valence electrons. The third-order valence-corrected chi connectivity index (χ3v) is 1.16. The third kappa shape index (κ3) is 16.2. The van der Waals surface area contributed by atoms with Crippen LogP contribution in [0.1, 0.15) is 40.0 Å². The highest BCUT2D eigenvalue weighted by molar-refractivity contribution is 5.67. The van der Waals surface area contributed by atoms with Crippen LogP contribution in [0.25, 0.3) is 0 Å². The Kier molecular flexibility index (Phi) is 4.24. The van der Waals surface area contributed by atoms with Gasteiger partial charge in [0.15, 0.2) is 0 Å².